The summed E-state index contributed by atoms with van der Waals surface area (Å²) in [6.45, 7) is 3.90. The van der Waals surface area contributed by atoms with Crippen LogP contribution in [0.15, 0.2) is 18.2 Å². The molecule has 1 aromatic carbocycles. The van der Waals surface area contributed by atoms with Gasteiger partial charge in [-0.25, -0.2) is 4.68 Å². The van der Waals surface area contributed by atoms with E-state index in [1.807, 2.05) is 13.8 Å². The van der Waals surface area contributed by atoms with Crippen LogP contribution in [0.2, 0.25) is 15.2 Å². The summed E-state index contributed by atoms with van der Waals surface area (Å²) >= 11 is 18.2. The van der Waals surface area contributed by atoms with Gasteiger partial charge in [0.05, 0.1) is 16.4 Å². The molecule has 0 aliphatic rings. The summed E-state index contributed by atoms with van der Waals surface area (Å²) in [4.78, 5) is 0. The first-order valence-corrected chi connectivity index (χ1v) is 6.73. The molecule has 0 aliphatic carbocycles. The van der Waals surface area contributed by atoms with Crippen molar-refractivity contribution in [2.24, 2.45) is 0 Å². The summed E-state index contributed by atoms with van der Waals surface area (Å²) in [5.74, 6) is 0.0967. The van der Waals surface area contributed by atoms with Crippen molar-refractivity contribution in [2.45, 2.75) is 19.8 Å². The SMILES string of the molecule is CC(C)c1nn(-c2ccc(Cl)cc2Cl)c(Cl)c1C#N. The second-order valence-electron chi connectivity index (χ2n) is 4.33. The maximum absolute atomic E-state index is 9.18. The van der Waals surface area contributed by atoms with Crippen LogP contribution in [0.1, 0.15) is 31.0 Å². The first kappa shape index (κ1) is 14.2. The van der Waals surface area contributed by atoms with Crippen molar-refractivity contribution in [2.75, 3.05) is 0 Å². The zero-order valence-corrected chi connectivity index (χ0v) is 12.6. The molecule has 0 bridgehead atoms. The monoisotopic (exact) mass is 313 g/mol. The lowest BCUT2D eigenvalue weighted by molar-refractivity contribution is 0.767. The number of aromatic nitrogens is 2. The number of nitriles is 1. The van der Waals surface area contributed by atoms with Gasteiger partial charge in [0.15, 0.2) is 5.15 Å². The molecule has 1 aromatic heterocycles. The molecule has 0 unspecified atom stereocenters. The molecule has 2 aromatic rings. The first-order valence-electron chi connectivity index (χ1n) is 5.59. The Morgan fingerprint density at radius 1 is 1.26 bits per heavy atom. The van der Waals surface area contributed by atoms with E-state index in [0.29, 0.717) is 27.0 Å². The highest BCUT2D eigenvalue weighted by molar-refractivity contribution is 6.36. The fourth-order valence-electron chi connectivity index (χ4n) is 1.73. The topological polar surface area (TPSA) is 41.6 Å². The Balaban J connectivity index is 2.67. The van der Waals surface area contributed by atoms with E-state index in [1.54, 1.807) is 18.2 Å². The van der Waals surface area contributed by atoms with E-state index < -0.39 is 0 Å². The van der Waals surface area contributed by atoms with Crippen LogP contribution in [0, 0.1) is 11.3 Å². The third kappa shape index (κ3) is 2.57. The molecule has 0 N–H and O–H groups in total. The lowest BCUT2D eigenvalue weighted by atomic mass is 10.1. The summed E-state index contributed by atoms with van der Waals surface area (Å²) < 4.78 is 1.47. The van der Waals surface area contributed by atoms with Crippen molar-refractivity contribution < 1.29 is 0 Å². The van der Waals surface area contributed by atoms with Gasteiger partial charge in [0.2, 0.25) is 0 Å². The summed E-state index contributed by atoms with van der Waals surface area (Å²) in [5, 5.41) is 14.8. The fraction of sp³-hybridized carbons (Fsp3) is 0.231. The fourth-order valence-corrected chi connectivity index (χ4v) is 2.49. The van der Waals surface area contributed by atoms with Gasteiger partial charge in [-0.2, -0.15) is 10.4 Å². The van der Waals surface area contributed by atoms with Crippen LogP contribution < -0.4 is 0 Å². The minimum absolute atomic E-state index is 0.0967. The lowest BCUT2D eigenvalue weighted by Crippen LogP contribution is -1.99. The van der Waals surface area contributed by atoms with Crippen LogP contribution in [0.4, 0.5) is 0 Å². The zero-order valence-electron chi connectivity index (χ0n) is 10.3. The molecular weight excluding hydrogens is 305 g/mol. The number of hydrogen-bond donors (Lipinski definition) is 0. The highest BCUT2D eigenvalue weighted by Gasteiger charge is 2.20. The van der Waals surface area contributed by atoms with Crippen molar-refractivity contribution in [3.8, 4) is 11.8 Å². The van der Waals surface area contributed by atoms with Gasteiger partial charge in [-0.15, -0.1) is 0 Å². The average Bonchev–Trinajstić information content (AvgIpc) is 2.66. The Hall–Kier alpha value is -1.21. The van der Waals surface area contributed by atoms with E-state index in [1.165, 1.54) is 4.68 Å². The summed E-state index contributed by atoms with van der Waals surface area (Å²) in [5.41, 5.74) is 1.63. The third-order valence-electron chi connectivity index (χ3n) is 2.65. The number of nitrogens with zero attached hydrogens (tertiary/aromatic N) is 3. The molecule has 0 aliphatic heterocycles. The van der Waals surface area contributed by atoms with Gasteiger partial charge in [0, 0.05) is 5.02 Å². The molecule has 0 spiro atoms. The van der Waals surface area contributed by atoms with E-state index >= 15 is 0 Å². The predicted octanol–water partition coefficient (Wildman–Crippen LogP) is 4.83. The van der Waals surface area contributed by atoms with Crippen molar-refractivity contribution in [3.05, 3.63) is 44.7 Å². The van der Waals surface area contributed by atoms with Crippen LogP contribution in [0.3, 0.4) is 0 Å². The highest BCUT2D eigenvalue weighted by Crippen LogP contribution is 2.31. The normalized spacial score (nSPS) is 10.8. The maximum atomic E-state index is 9.18. The highest BCUT2D eigenvalue weighted by atomic mass is 35.5. The Morgan fingerprint density at radius 2 is 1.95 bits per heavy atom. The number of rotatable bonds is 2. The van der Waals surface area contributed by atoms with Gasteiger partial charge < -0.3 is 0 Å². The molecule has 98 valence electrons. The van der Waals surface area contributed by atoms with Crippen molar-refractivity contribution >= 4 is 34.8 Å². The molecule has 19 heavy (non-hydrogen) atoms. The van der Waals surface area contributed by atoms with Crippen molar-refractivity contribution in [1.82, 2.24) is 9.78 Å². The molecule has 1 heterocycles. The number of benzene rings is 1. The van der Waals surface area contributed by atoms with Crippen LogP contribution in [0.25, 0.3) is 5.69 Å². The quantitative estimate of drug-likeness (QED) is 0.797. The molecule has 0 radical (unpaired) electrons. The molecule has 0 fully saturated rings. The van der Waals surface area contributed by atoms with Gasteiger partial charge in [0.1, 0.15) is 11.6 Å². The molecule has 2 rings (SSSR count). The molecule has 0 saturated heterocycles. The molecule has 0 amide bonds. The smallest absolute Gasteiger partial charge is 0.151 e. The van der Waals surface area contributed by atoms with E-state index in [2.05, 4.69) is 11.2 Å². The van der Waals surface area contributed by atoms with Gasteiger partial charge in [-0.05, 0) is 24.1 Å². The average molecular weight is 315 g/mol. The van der Waals surface area contributed by atoms with Crippen molar-refractivity contribution in [3.63, 3.8) is 0 Å². The molecule has 0 saturated carbocycles. The lowest BCUT2D eigenvalue weighted by Gasteiger charge is -2.06. The van der Waals surface area contributed by atoms with E-state index in [9.17, 15) is 5.26 Å². The Labute approximate surface area is 126 Å². The third-order valence-corrected chi connectivity index (χ3v) is 3.54. The Kier molecular flexibility index (Phi) is 4.05. The summed E-state index contributed by atoms with van der Waals surface area (Å²) in [6.07, 6.45) is 0. The minimum Gasteiger partial charge on any atom is -0.219 e. The molecule has 6 heteroatoms. The number of halogens is 3. The summed E-state index contributed by atoms with van der Waals surface area (Å²) in [6, 6.07) is 7.10. The second-order valence-corrected chi connectivity index (χ2v) is 5.53. The van der Waals surface area contributed by atoms with Crippen LogP contribution in [0.5, 0.6) is 0 Å². The van der Waals surface area contributed by atoms with Crippen LogP contribution >= 0.6 is 34.8 Å². The largest absolute Gasteiger partial charge is 0.219 e. The van der Waals surface area contributed by atoms with Crippen LogP contribution in [-0.2, 0) is 0 Å². The van der Waals surface area contributed by atoms with Gasteiger partial charge in [0.25, 0.3) is 0 Å². The van der Waals surface area contributed by atoms with E-state index in [4.69, 9.17) is 34.8 Å². The van der Waals surface area contributed by atoms with Gasteiger partial charge >= 0.3 is 0 Å². The maximum Gasteiger partial charge on any atom is 0.151 e. The second kappa shape index (κ2) is 5.42. The predicted molar refractivity (Wildman–Crippen MR) is 77.4 cm³/mol. The van der Waals surface area contributed by atoms with Crippen molar-refractivity contribution in [1.29, 1.82) is 5.26 Å². The minimum atomic E-state index is 0.0967. The Bertz CT molecular complexity index is 669. The summed E-state index contributed by atoms with van der Waals surface area (Å²) in [7, 11) is 0. The van der Waals surface area contributed by atoms with Gasteiger partial charge in [-0.3, -0.25) is 0 Å². The first-order chi connectivity index (χ1) is 8.95. The van der Waals surface area contributed by atoms with Gasteiger partial charge in [-0.1, -0.05) is 48.7 Å². The molecule has 0 atom stereocenters. The number of hydrogen-bond acceptors (Lipinski definition) is 2. The van der Waals surface area contributed by atoms with E-state index in [-0.39, 0.29) is 11.1 Å². The Morgan fingerprint density at radius 3 is 2.42 bits per heavy atom. The standard InChI is InChI=1S/C13H10Cl3N3/c1-7(2)12-9(6-17)13(16)19(18-12)11-4-3-8(14)5-10(11)15/h3-5,7H,1-2H3. The van der Waals surface area contributed by atoms with E-state index in [0.717, 1.165) is 0 Å². The molecular formula is C13H10Cl3N3. The zero-order chi connectivity index (χ0) is 14.2. The molecule has 3 nitrogen and oxygen atoms in total. The van der Waals surface area contributed by atoms with Crippen LogP contribution in [-0.4, -0.2) is 9.78 Å².